The summed E-state index contributed by atoms with van der Waals surface area (Å²) in [6.07, 6.45) is 3.14. The SMILES string of the molecule is CC([CH]CCN)CN. The second-order valence-electron chi connectivity index (χ2n) is 2.03. The minimum absolute atomic E-state index is 0.526. The maximum Gasteiger partial charge on any atom is -0.00487 e. The van der Waals surface area contributed by atoms with Gasteiger partial charge in [-0.15, -0.1) is 0 Å². The van der Waals surface area contributed by atoms with E-state index in [1.807, 2.05) is 0 Å². The first-order valence-corrected chi connectivity index (χ1v) is 3.04. The summed E-state index contributed by atoms with van der Waals surface area (Å²) in [5.74, 6) is 0.526. The van der Waals surface area contributed by atoms with Crippen molar-refractivity contribution in [1.29, 1.82) is 0 Å². The lowest BCUT2D eigenvalue weighted by Crippen LogP contribution is -2.12. The molecular formula is C6H15N2. The summed E-state index contributed by atoms with van der Waals surface area (Å²) in [6, 6.07) is 0. The average Bonchev–Trinajstić information content (AvgIpc) is 1.83. The monoisotopic (exact) mass is 115 g/mol. The molecule has 0 aliphatic carbocycles. The van der Waals surface area contributed by atoms with Gasteiger partial charge in [-0.25, -0.2) is 0 Å². The molecule has 8 heavy (non-hydrogen) atoms. The molecule has 1 radical (unpaired) electrons. The van der Waals surface area contributed by atoms with Crippen LogP contribution >= 0.6 is 0 Å². The lowest BCUT2D eigenvalue weighted by atomic mass is 10.1. The molecule has 0 fully saturated rings. The Morgan fingerprint density at radius 3 is 2.50 bits per heavy atom. The molecule has 0 aromatic carbocycles. The van der Waals surface area contributed by atoms with Crippen LogP contribution in [0.1, 0.15) is 13.3 Å². The molecule has 0 amide bonds. The van der Waals surface area contributed by atoms with Gasteiger partial charge in [0.05, 0.1) is 0 Å². The summed E-state index contributed by atoms with van der Waals surface area (Å²) >= 11 is 0. The number of rotatable bonds is 4. The normalized spacial score (nSPS) is 13.9. The predicted octanol–water partition coefficient (Wildman–Crippen LogP) is 0.134. The third-order valence-electron chi connectivity index (χ3n) is 1.11. The van der Waals surface area contributed by atoms with Gasteiger partial charge in [0.15, 0.2) is 0 Å². The molecule has 0 aromatic rings. The molecule has 0 aromatic heterocycles. The third-order valence-corrected chi connectivity index (χ3v) is 1.11. The van der Waals surface area contributed by atoms with Crippen molar-refractivity contribution in [3.05, 3.63) is 6.42 Å². The summed E-state index contributed by atoms with van der Waals surface area (Å²) in [6.45, 7) is 3.57. The zero-order valence-corrected chi connectivity index (χ0v) is 5.43. The maximum absolute atomic E-state index is 5.34. The van der Waals surface area contributed by atoms with Crippen molar-refractivity contribution in [3.8, 4) is 0 Å². The first kappa shape index (κ1) is 7.92. The van der Waals surface area contributed by atoms with E-state index in [0.29, 0.717) is 5.92 Å². The number of hydrogen-bond donors (Lipinski definition) is 2. The fourth-order valence-corrected chi connectivity index (χ4v) is 0.477. The average molecular weight is 115 g/mol. The van der Waals surface area contributed by atoms with Crippen LogP contribution in [0.5, 0.6) is 0 Å². The van der Waals surface area contributed by atoms with Gasteiger partial charge in [-0.05, 0) is 31.8 Å². The summed E-state index contributed by atoms with van der Waals surface area (Å²) in [5.41, 5.74) is 10.6. The Balaban J connectivity index is 2.86. The Morgan fingerprint density at radius 2 is 2.12 bits per heavy atom. The van der Waals surface area contributed by atoms with E-state index in [1.54, 1.807) is 0 Å². The third kappa shape index (κ3) is 4.09. The first-order chi connectivity index (χ1) is 3.81. The van der Waals surface area contributed by atoms with E-state index < -0.39 is 0 Å². The minimum atomic E-state index is 0.526. The van der Waals surface area contributed by atoms with Crippen LogP contribution in [0, 0.1) is 12.3 Å². The molecule has 0 heterocycles. The topological polar surface area (TPSA) is 52.0 Å². The molecule has 0 spiro atoms. The smallest absolute Gasteiger partial charge is 0.00487 e. The molecule has 4 N–H and O–H groups in total. The van der Waals surface area contributed by atoms with Gasteiger partial charge in [-0.1, -0.05) is 6.92 Å². The molecule has 0 saturated heterocycles. The lowest BCUT2D eigenvalue weighted by Gasteiger charge is -2.03. The van der Waals surface area contributed by atoms with Crippen molar-refractivity contribution in [2.75, 3.05) is 13.1 Å². The van der Waals surface area contributed by atoms with E-state index in [2.05, 4.69) is 13.3 Å². The number of nitrogens with two attached hydrogens (primary N) is 2. The van der Waals surface area contributed by atoms with E-state index in [4.69, 9.17) is 11.5 Å². The van der Waals surface area contributed by atoms with Crippen LogP contribution in [-0.2, 0) is 0 Å². The van der Waals surface area contributed by atoms with E-state index in [-0.39, 0.29) is 0 Å². The van der Waals surface area contributed by atoms with Gasteiger partial charge in [-0.2, -0.15) is 0 Å². The fourth-order valence-electron chi connectivity index (χ4n) is 0.477. The van der Waals surface area contributed by atoms with E-state index >= 15 is 0 Å². The van der Waals surface area contributed by atoms with Gasteiger partial charge in [0, 0.05) is 0 Å². The molecule has 0 saturated carbocycles. The van der Waals surface area contributed by atoms with Crippen LogP contribution < -0.4 is 11.5 Å². The standard InChI is InChI=1S/C6H15N2/c1-6(5-8)3-2-4-7/h3,6H,2,4-5,7-8H2,1H3. The molecule has 0 aliphatic rings. The van der Waals surface area contributed by atoms with Gasteiger partial charge in [-0.3, -0.25) is 0 Å². The second kappa shape index (κ2) is 5.06. The molecule has 0 aliphatic heterocycles. The van der Waals surface area contributed by atoms with Crippen molar-refractivity contribution in [2.24, 2.45) is 17.4 Å². The Bertz CT molecular complexity index is 45.8. The zero-order valence-electron chi connectivity index (χ0n) is 5.43. The number of hydrogen-bond acceptors (Lipinski definition) is 2. The summed E-state index contributed by atoms with van der Waals surface area (Å²) in [4.78, 5) is 0. The minimum Gasteiger partial charge on any atom is -0.330 e. The highest BCUT2D eigenvalue weighted by Gasteiger charge is 1.95. The fraction of sp³-hybridized carbons (Fsp3) is 0.833. The van der Waals surface area contributed by atoms with Crippen molar-refractivity contribution in [3.63, 3.8) is 0 Å². The zero-order chi connectivity index (χ0) is 6.41. The quantitative estimate of drug-likeness (QED) is 0.547. The van der Waals surface area contributed by atoms with Crippen LogP contribution in [-0.4, -0.2) is 13.1 Å². The highest BCUT2D eigenvalue weighted by atomic mass is 14.5. The van der Waals surface area contributed by atoms with Gasteiger partial charge >= 0.3 is 0 Å². The van der Waals surface area contributed by atoms with Crippen molar-refractivity contribution < 1.29 is 0 Å². The molecule has 2 nitrogen and oxygen atoms in total. The van der Waals surface area contributed by atoms with E-state index in [9.17, 15) is 0 Å². The van der Waals surface area contributed by atoms with E-state index in [0.717, 1.165) is 19.5 Å². The molecule has 1 atom stereocenters. The van der Waals surface area contributed by atoms with Crippen molar-refractivity contribution >= 4 is 0 Å². The predicted molar refractivity (Wildman–Crippen MR) is 36.2 cm³/mol. The van der Waals surface area contributed by atoms with E-state index in [1.165, 1.54) is 0 Å². The van der Waals surface area contributed by atoms with Gasteiger partial charge in [0.2, 0.25) is 0 Å². The Kier molecular flexibility index (Phi) is 5.01. The van der Waals surface area contributed by atoms with Crippen LogP contribution in [0.2, 0.25) is 0 Å². The molecule has 0 bridgehead atoms. The van der Waals surface area contributed by atoms with Crippen LogP contribution in [0.3, 0.4) is 0 Å². The largest absolute Gasteiger partial charge is 0.330 e. The lowest BCUT2D eigenvalue weighted by molar-refractivity contribution is 0.649. The van der Waals surface area contributed by atoms with Crippen LogP contribution in [0.25, 0.3) is 0 Å². The van der Waals surface area contributed by atoms with Crippen LogP contribution in [0.15, 0.2) is 0 Å². The molecular weight excluding hydrogens is 100 g/mol. The Hall–Kier alpha value is -0.0800. The van der Waals surface area contributed by atoms with Gasteiger partial charge in [0.25, 0.3) is 0 Å². The first-order valence-electron chi connectivity index (χ1n) is 3.04. The Morgan fingerprint density at radius 1 is 1.50 bits per heavy atom. The Labute approximate surface area is 51.2 Å². The van der Waals surface area contributed by atoms with Crippen molar-refractivity contribution in [1.82, 2.24) is 0 Å². The summed E-state index contributed by atoms with van der Waals surface area (Å²) in [5, 5.41) is 0. The van der Waals surface area contributed by atoms with Crippen LogP contribution in [0.4, 0.5) is 0 Å². The maximum atomic E-state index is 5.34. The summed E-state index contributed by atoms with van der Waals surface area (Å²) in [7, 11) is 0. The molecule has 0 rings (SSSR count). The van der Waals surface area contributed by atoms with Crippen molar-refractivity contribution in [2.45, 2.75) is 13.3 Å². The molecule has 49 valence electrons. The summed E-state index contributed by atoms with van der Waals surface area (Å²) < 4.78 is 0. The second-order valence-corrected chi connectivity index (χ2v) is 2.03. The molecule has 2 heteroatoms. The highest BCUT2D eigenvalue weighted by molar-refractivity contribution is 4.72. The van der Waals surface area contributed by atoms with Gasteiger partial charge < -0.3 is 11.5 Å². The molecule has 1 unspecified atom stereocenters. The van der Waals surface area contributed by atoms with Gasteiger partial charge in [0.1, 0.15) is 0 Å². The highest BCUT2D eigenvalue weighted by Crippen LogP contribution is 1.98.